The van der Waals surface area contributed by atoms with Crippen molar-refractivity contribution < 1.29 is 9.53 Å². The molecule has 0 amide bonds. The van der Waals surface area contributed by atoms with Gasteiger partial charge < -0.3 is 15.4 Å². The number of aromatic nitrogens is 3. The number of rotatable bonds is 5. The lowest BCUT2D eigenvalue weighted by atomic mass is 10.1. The number of ether oxygens (including phenoxy) is 1. The lowest BCUT2D eigenvalue weighted by molar-refractivity contribution is 0.0601. The Bertz CT molecular complexity index is 925. The summed E-state index contributed by atoms with van der Waals surface area (Å²) in [4.78, 5) is 15.9. The van der Waals surface area contributed by atoms with Gasteiger partial charge in [-0.2, -0.15) is 10.1 Å². The third-order valence-electron chi connectivity index (χ3n) is 3.77. The summed E-state index contributed by atoms with van der Waals surface area (Å²) in [6, 6.07) is 13.0. The van der Waals surface area contributed by atoms with Gasteiger partial charge in [0, 0.05) is 11.4 Å². The van der Waals surface area contributed by atoms with Crippen molar-refractivity contribution in [1.82, 2.24) is 15.2 Å². The van der Waals surface area contributed by atoms with Crippen molar-refractivity contribution in [3.8, 4) is 0 Å². The number of methoxy groups -OCH3 is 1. The summed E-state index contributed by atoms with van der Waals surface area (Å²) in [6.07, 6.45) is 1.53. The molecule has 0 fully saturated rings. The van der Waals surface area contributed by atoms with Gasteiger partial charge in [-0.25, -0.2) is 4.79 Å². The lowest BCUT2D eigenvalue weighted by Gasteiger charge is -2.10. The average molecular weight is 349 g/mol. The Hall–Kier alpha value is -3.48. The predicted octanol–water partition coefficient (Wildman–Crippen LogP) is 3.76. The SMILES string of the molecule is COC(=O)c1ccc(Nc2cnnc(Nc3ccc(C)cc3C)n2)cc1. The van der Waals surface area contributed by atoms with Crippen molar-refractivity contribution in [2.75, 3.05) is 17.7 Å². The summed E-state index contributed by atoms with van der Waals surface area (Å²) in [5.41, 5.74) is 4.48. The first-order chi connectivity index (χ1) is 12.5. The van der Waals surface area contributed by atoms with Crippen molar-refractivity contribution in [2.45, 2.75) is 13.8 Å². The van der Waals surface area contributed by atoms with E-state index in [0.717, 1.165) is 16.9 Å². The Morgan fingerprint density at radius 3 is 2.50 bits per heavy atom. The maximum absolute atomic E-state index is 11.5. The summed E-state index contributed by atoms with van der Waals surface area (Å²) < 4.78 is 4.69. The van der Waals surface area contributed by atoms with Gasteiger partial charge in [-0.3, -0.25) is 0 Å². The third-order valence-corrected chi connectivity index (χ3v) is 3.77. The fourth-order valence-electron chi connectivity index (χ4n) is 2.45. The van der Waals surface area contributed by atoms with Crippen LogP contribution in [-0.2, 0) is 4.74 Å². The zero-order valence-corrected chi connectivity index (χ0v) is 14.8. The van der Waals surface area contributed by atoms with Crippen LogP contribution >= 0.6 is 0 Å². The maximum Gasteiger partial charge on any atom is 0.337 e. The summed E-state index contributed by atoms with van der Waals surface area (Å²) >= 11 is 0. The van der Waals surface area contributed by atoms with Gasteiger partial charge in [0.05, 0.1) is 18.9 Å². The predicted molar refractivity (Wildman–Crippen MR) is 100 cm³/mol. The minimum Gasteiger partial charge on any atom is -0.465 e. The number of hydrogen-bond donors (Lipinski definition) is 2. The van der Waals surface area contributed by atoms with Crippen LogP contribution in [0, 0.1) is 13.8 Å². The smallest absolute Gasteiger partial charge is 0.337 e. The van der Waals surface area contributed by atoms with Crippen LogP contribution in [0.3, 0.4) is 0 Å². The molecule has 0 saturated heterocycles. The van der Waals surface area contributed by atoms with Gasteiger partial charge in [0.1, 0.15) is 0 Å². The highest BCUT2D eigenvalue weighted by Gasteiger charge is 2.06. The van der Waals surface area contributed by atoms with Crippen LogP contribution in [0.4, 0.5) is 23.1 Å². The highest BCUT2D eigenvalue weighted by molar-refractivity contribution is 5.89. The molecule has 7 heteroatoms. The molecule has 3 aromatic rings. The van der Waals surface area contributed by atoms with Crippen LogP contribution < -0.4 is 10.6 Å². The van der Waals surface area contributed by atoms with Crippen LogP contribution in [0.15, 0.2) is 48.7 Å². The van der Waals surface area contributed by atoms with E-state index in [1.165, 1.54) is 18.9 Å². The number of carbonyl (C=O) groups excluding carboxylic acids is 1. The number of anilines is 4. The van der Waals surface area contributed by atoms with Crippen LogP contribution in [0.25, 0.3) is 0 Å². The second-order valence-corrected chi connectivity index (χ2v) is 5.80. The quantitative estimate of drug-likeness (QED) is 0.678. The summed E-state index contributed by atoms with van der Waals surface area (Å²) in [5, 5.41) is 14.3. The number of nitrogens with one attached hydrogen (secondary N) is 2. The average Bonchev–Trinajstić information content (AvgIpc) is 2.64. The molecule has 0 aliphatic heterocycles. The van der Waals surface area contributed by atoms with E-state index in [2.05, 4.69) is 36.6 Å². The zero-order chi connectivity index (χ0) is 18.5. The van der Waals surface area contributed by atoms with Crippen molar-refractivity contribution in [2.24, 2.45) is 0 Å². The van der Waals surface area contributed by atoms with Crippen molar-refractivity contribution >= 4 is 29.1 Å². The second kappa shape index (κ2) is 7.60. The Balaban J connectivity index is 1.74. The Morgan fingerprint density at radius 2 is 1.81 bits per heavy atom. The van der Waals surface area contributed by atoms with Gasteiger partial charge in [0.15, 0.2) is 5.82 Å². The molecule has 0 aliphatic carbocycles. The molecular weight excluding hydrogens is 330 g/mol. The lowest BCUT2D eigenvalue weighted by Crippen LogP contribution is -2.04. The molecule has 1 heterocycles. The molecule has 2 N–H and O–H groups in total. The molecule has 26 heavy (non-hydrogen) atoms. The van der Waals surface area contributed by atoms with Gasteiger partial charge in [-0.1, -0.05) is 17.7 Å². The molecule has 0 aliphatic rings. The van der Waals surface area contributed by atoms with Crippen LogP contribution in [0.1, 0.15) is 21.5 Å². The van der Waals surface area contributed by atoms with Gasteiger partial charge in [-0.05, 0) is 49.7 Å². The number of benzene rings is 2. The van der Waals surface area contributed by atoms with Gasteiger partial charge in [0.25, 0.3) is 0 Å². The van der Waals surface area contributed by atoms with Crippen LogP contribution in [-0.4, -0.2) is 28.3 Å². The second-order valence-electron chi connectivity index (χ2n) is 5.80. The molecule has 2 aromatic carbocycles. The molecule has 132 valence electrons. The molecule has 0 bridgehead atoms. The van der Waals surface area contributed by atoms with Gasteiger partial charge in [-0.15, -0.1) is 5.10 Å². The highest BCUT2D eigenvalue weighted by atomic mass is 16.5. The van der Waals surface area contributed by atoms with E-state index in [4.69, 9.17) is 0 Å². The largest absolute Gasteiger partial charge is 0.465 e. The number of hydrogen-bond acceptors (Lipinski definition) is 7. The molecule has 0 spiro atoms. The summed E-state index contributed by atoms with van der Waals surface area (Å²) in [6.45, 7) is 4.07. The van der Waals surface area contributed by atoms with Crippen LogP contribution in [0.5, 0.6) is 0 Å². The van der Waals surface area contributed by atoms with Gasteiger partial charge >= 0.3 is 5.97 Å². The van der Waals surface area contributed by atoms with Gasteiger partial charge in [0.2, 0.25) is 5.95 Å². The third kappa shape index (κ3) is 4.13. The van der Waals surface area contributed by atoms with Crippen LogP contribution in [0.2, 0.25) is 0 Å². The normalized spacial score (nSPS) is 10.3. The Labute approximate surface area is 151 Å². The van der Waals surface area contributed by atoms with E-state index < -0.39 is 0 Å². The first-order valence-electron chi connectivity index (χ1n) is 8.04. The number of carbonyl (C=O) groups is 1. The van der Waals surface area contributed by atoms with E-state index in [-0.39, 0.29) is 5.97 Å². The van der Waals surface area contributed by atoms with Crippen molar-refractivity contribution in [3.05, 3.63) is 65.4 Å². The zero-order valence-electron chi connectivity index (χ0n) is 14.8. The Kier molecular flexibility index (Phi) is 5.07. The fourth-order valence-corrected chi connectivity index (χ4v) is 2.45. The molecule has 7 nitrogen and oxygen atoms in total. The topological polar surface area (TPSA) is 89.0 Å². The molecule has 3 rings (SSSR count). The van der Waals surface area contributed by atoms with E-state index in [1.807, 2.05) is 26.0 Å². The number of aryl methyl sites for hydroxylation is 2. The molecule has 0 saturated carbocycles. The first-order valence-corrected chi connectivity index (χ1v) is 8.04. The molecular formula is C19H19N5O2. The minimum absolute atomic E-state index is 0.375. The first kappa shape index (κ1) is 17.3. The summed E-state index contributed by atoms with van der Waals surface area (Å²) in [7, 11) is 1.35. The van der Waals surface area contributed by atoms with E-state index in [9.17, 15) is 4.79 Å². The molecule has 1 aromatic heterocycles. The summed E-state index contributed by atoms with van der Waals surface area (Å²) in [5.74, 6) is 0.562. The molecule has 0 atom stereocenters. The minimum atomic E-state index is -0.375. The van der Waals surface area contributed by atoms with E-state index in [1.54, 1.807) is 24.3 Å². The monoisotopic (exact) mass is 349 g/mol. The maximum atomic E-state index is 11.5. The number of esters is 1. The van der Waals surface area contributed by atoms with Crippen molar-refractivity contribution in [3.63, 3.8) is 0 Å². The van der Waals surface area contributed by atoms with E-state index >= 15 is 0 Å². The standard InChI is InChI=1S/C19H19N5O2/c1-12-4-9-16(13(2)10-12)22-19-23-17(11-20-24-19)21-15-7-5-14(6-8-15)18(25)26-3/h4-11H,1-3H3,(H2,21,22,23,24). The van der Waals surface area contributed by atoms with E-state index in [0.29, 0.717) is 17.3 Å². The Morgan fingerprint density at radius 1 is 1.04 bits per heavy atom. The van der Waals surface area contributed by atoms with Crippen molar-refractivity contribution in [1.29, 1.82) is 0 Å². The molecule has 0 unspecified atom stereocenters. The highest BCUT2D eigenvalue weighted by Crippen LogP contribution is 2.20. The number of nitrogens with zero attached hydrogens (tertiary/aromatic N) is 3. The fraction of sp³-hybridized carbons (Fsp3) is 0.158. The molecule has 0 radical (unpaired) electrons.